The monoisotopic (exact) mass is 481 g/mol. The maximum atomic E-state index is 13.4. The van der Waals surface area contributed by atoms with Gasteiger partial charge in [0.1, 0.15) is 0 Å². The van der Waals surface area contributed by atoms with Gasteiger partial charge in [0.15, 0.2) is 0 Å². The van der Waals surface area contributed by atoms with Crippen molar-refractivity contribution in [2.45, 2.75) is 57.9 Å². The van der Waals surface area contributed by atoms with Crippen molar-refractivity contribution in [2.24, 2.45) is 18.9 Å². The number of carbonyl (C=O) groups excluding carboxylic acids is 2. The van der Waals surface area contributed by atoms with Crippen molar-refractivity contribution in [1.82, 2.24) is 14.8 Å². The molecular formula is C28H39N3O4. The van der Waals surface area contributed by atoms with Crippen molar-refractivity contribution >= 4 is 22.7 Å². The molecule has 1 N–H and O–H groups in total. The summed E-state index contributed by atoms with van der Waals surface area (Å²) in [5.41, 5.74) is 4.69. The molecule has 1 aromatic heterocycles. The summed E-state index contributed by atoms with van der Waals surface area (Å²) >= 11 is 0. The number of amides is 2. The van der Waals surface area contributed by atoms with E-state index >= 15 is 0 Å². The number of fused-ring (bicyclic) bond motifs is 3. The van der Waals surface area contributed by atoms with Crippen LogP contribution in [-0.4, -0.2) is 66.8 Å². The average molecular weight is 482 g/mol. The Kier molecular flexibility index (Phi) is 7.44. The van der Waals surface area contributed by atoms with Crippen molar-refractivity contribution in [3.05, 3.63) is 35.0 Å². The second-order valence-electron chi connectivity index (χ2n) is 10.4. The number of ether oxygens (including phenoxy) is 2. The van der Waals surface area contributed by atoms with Crippen molar-refractivity contribution in [3.8, 4) is 0 Å². The molecule has 5 rings (SSSR count). The summed E-state index contributed by atoms with van der Waals surface area (Å²) in [4.78, 5) is 27.7. The highest BCUT2D eigenvalue weighted by molar-refractivity contribution is 6.00. The summed E-state index contributed by atoms with van der Waals surface area (Å²) in [5.74, 6) is 1.26. The van der Waals surface area contributed by atoms with Gasteiger partial charge in [-0.05, 0) is 87.5 Å². The Bertz CT molecular complexity index is 1070. The molecule has 0 bridgehead atoms. The van der Waals surface area contributed by atoms with Gasteiger partial charge in [-0.15, -0.1) is 0 Å². The predicted octanol–water partition coefficient (Wildman–Crippen LogP) is 3.47. The van der Waals surface area contributed by atoms with E-state index in [0.29, 0.717) is 31.2 Å². The third-order valence-electron chi connectivity index (χ3n) is 8.42. The fourth-order valence-electron chi connectivity index (χ4n) is 6.33. The molecule has 7 heteroatoms. The molecule has 2 aliphatic heterocycles. The summed E-state index contributed by atoms with van der Waals surface area (Å²) in [6, 6.07) is 6.22. The second kappa shape index (κ2) is 10.7. The Morgan fingerprint density at radius 1 is 1.03 bits per heavy atom. The first-order valence-electron chi connectivity index (χ1n) is 13.4. The quantitative estimate of drug-likeness (QED) is 0.686. The lowest BCUT2D eigenvalue weighted by Crippen LogP contribution is -2.45. The van der Waals surface area contributed by atoms with Gasteiger partial charge in [-0.25, -0.2) is 0 Å². The smallest absolute Gasteiger partial charge is 0.254 e. The minimum Gasteiger partial charge on any atom is -0.381 e. The largest absolute Gasteiger partial charge is 0.381 e. The lowest BCUT2D eigenvalue weighted by molar-refractivity contribution is -0.123. The highest BCUT2D eigenvalue weighted by Crippen LogP contribution is 2.39. The molecule has 2 fully saturated rings. The lowest BCUT2D eigenvalue weighted by atomic mass is 9.75. The van der Waals surface area contributed by atoms with E-state index in [0.717, 1.165) is 57.7 Å². The van der Waals surface area contributed by atoms with Crippen LogP contribution in [0.15, 0.2) is 18.2 Å². The van der Waals surface area contributed by atoms with Gasteiger partial charge in [-0.3, -0.25) is 9.59 Å². The van der Waals surface area contributed by atoms with Crippen molar-refractivity contribution in [1.29, 1.82) is 0 Å². The first-order chi connectivity index (χ1) is 17.0. The molecule has 190 valence electrons. The number of nitrogens with one attached hydrogen (secondary N) is 1. The standard InChI is InChI=1S/C28H39N3O4/c1-3-31(18-27(32)29-22-10-14-35-15-11-22)28(33)21-5-7-26-24(17-21)23-16-20(4-6-25(23)30(26)2)19-8-12-34-13-9-19/h5,7,17,19-20,22H,3-4,6,8-16,18H2,1-2H3,(H,29,32). The van der Waals surface area contributed by atoms with Gasteiger partial charge >= 0.3 is 0 Å². The van der Waals surface area contributed by atoms with Crippen LogP contribution in [0.1, 0.15) is 60.6 Å². The van der Waals surface area contributed by atoms with Crippen LogP contribution in [-0.2, 0) is 34.2 Å². The normalized spacial score (nSPS) is 21.6. The topological polar surface area (TPSA) is 72.8 Å². The maximum absolute atomic E-state index is 13.4. The zero-order valence-corrected chi connectivity index (χ0v) is 21.2. The van der Waals surface area contributed by atoms with Crippen LogP contribution in [0.4, 0.5) is 0 Å². The zero-order valence-electron chi connectivity index (χ0n) is 21.2. The minimum absolute atomic E-state index is 0.0779. The number of carbonyl (C=O) groups is 2. The van der Waals surface area contributed by atoms with E-state index in [1.165, 1.54) is 28.6 Å². The Labute approximate surface area is 208 Å². The number of rotatable bonds is 6. The SMILES string of the molecule is CCN(CC(=O)NC1CCOCC1)C(=O)c1ccc2c(c1)c1c(n2C)CCC(C2CCOCC2)C1. The summed E-state index contributed by atoms with van der Waals surface area (Å²) in [6.45, 7) is 5.64. The van der Waals surface area contributed by atoms with Crippen LogP contribution in [0, 0.1) is 11.8 Å². The molecule has 7 nitrogen and oxygen atoms in total. The highest BCUT2D eigenvalue weighted by atomic mass is 16.5. The molecule has 2 aromatic rings. The van der Waals surface area contributed by atoms with E-state index in [4.69, 9.17) is 9.47 Å². The summed E-state index contributed by atoms with van der Waals surface area (Å²) in [6.07, 6.45) is 7.40. The van der Waals surface area contributed by atoms with Crippen LogP contribution < -0.4 is 5.32 Å². The highest BCUT2D eigenvalue weighted by Gasteiger charge is 2.31. The van der Waals surface area contributed by atoms with Crippen LogP contribution in [0.3, 0.4) is 0 Å². The first-order valence-corrected chi connectivity index (χ1v) is 13.4. The van der Waals surface area contributed by atoms with Crippen LogP contribution in [0.25, 0.3) is 10.9 Å². The van der Waals surface area contributed by atoms with Crippen LogP contribution in [0.5, 0.6) is 0 Å². The summed E-state index contributed by atoms with van der Waals surface area (Å²) in [7, 11) is 2.15. The molecule has 3 aliphatic rings. The number of hydrogen-bond donors (Lipinski definition) is 1. The van der Waals surface area contributed by atoms with Crippen LogP contribution in [0.2, 0.25) is 0 Å². The van der Waals surface area contributed by atoms with E-state index in [9.17, 15) is 9.59 Å². The van der Waals surface area contributed by atoms with Gasteiger partial charge in [0.25, 0.3) is 5.91 Å². The van der Waals surface area contributed by atoms with Gasteiger partial charge in [-0.2, -0.15) is 0 Å². The summed E-state index contributed by atoms with van der Waals surface area (Å²) in [5, 5.41) is 4.28. The van der Waals surface area contributed by atoms with Crippen molar-refractivity contribution in [2.75, 3.05) is 39.5 Å². The third-order valence-corrected chi connectivity index (χ3v) is 8.42. The number of likely N-dealkylation sites (N-methyl/N-ethyl adjacent to an activating group) is 1. The number of benzene rings is 1. The Morgan fingerprint density at radius 2 is 1.74 bits per heavy atom. The molecule has 0 saturated carbocycles. The van der Waals surface area contributed by atoms with Gasteiger partial charge in [0.2, 0.25) is 5.91 Å². The van der Waals surface area contributed by atoms with E-state index in [2.05, 4.69) is 29.1 Å². The van der Waals surface area contributed by atoms with Gasteiger partial charge in [0, 0.05) is 68.2 Å². The van der Waals surface area contributed by atoms with Crippen LogP contribution >= 0.6 is 0 Å². The Balaban J connectivity index is 1.33. The summed E-state index contributed by atoms with van der Waals surface area (Å²) < 4.78 is 13.3. The first kappa shape index (κ1) is 24.3. The minimum atomic E-state index is -0.0930. The van der Waals surface area contributed by atoms with E-state index < -0.39 is 0 Å². The molecule has 35 heavy (non-hydrogen) atoms. The molecule has 1 unspecified atom stereocenters. The average Bonchev–Trinajstić information content (AvgIpc) is 3.18. The Hall–Kier alpha value is -2.38. The van der Waals surface area contributed by atoms with Crippen molar-refractivity contribution < 1.29 is 19.1 Å². The predicted molar refractivity (Wildman–Crippen MR) is 136 cm³/mol. The molecule has 1 atom stereocenters. The maximum Gasteiger partial charge on any atom is 0.254 e. The molecule has 1 aromatic carbocycles. The molecule has 0 spiro atoms. The van der Waals surface area contributed by atoms with Crippen molar-refractivity contribution in [3.63, 3.8) is 0 Å². The number of nitrogens with zero attached hydrogens (tertiary/aromatic N) is 2. The Morgan fingerprint density at radius 3 is 2.46 bits per heavy atom. The number of aromatic nitrogens is 1. The van der Waals surface area contributed by atoms with E-state index in [1.54, 1.807) is 4.90 Å². The number of aryl methyl sites for hydroxylation is 1. The third kappa shape index (κ3) is 5.12. The number of hydrogen-bond acceptors (Lipinski definition) is 4. The van der Waals surface area contributed by atoms with E-state index in [-0.39, 0.29) is 24.4 Å². The molecular weight excluding hydrogens is 442 g/mol. The van der Waals surface area contributed by atoms with Gasteiger partial charge < -0.3 is 24.3 Å². The van der Waals surface area contributed by atoms with Gasteiger partial charge in [-0.1, -0.05) is 0 Å². The van der Waals surface area contributed by atoms with Gasteiger partial charge in [0.05, 0.1) is 6.54 Å². The van der Waals surface area contributed by atoms with E-state index in [1.807, 2.05) is 13.0 Å². The zero-order chi connectivity index (χ0) is 24.4. The molecule has 3 heterocycles. The lowest BCUT2D eigenvalue weighted by Gasteiger charge is -2.33. The molecule has 2 amide bonds. The fourth-order valence-corrected chi connectivity index (χ4v) is 6.33. The molecule has 2 saturated heterocycles. The molecule has 1 aliphatic carbocycles. The fraction of sp³-hybridized carbons (Fsp3) is 0.643. The molecule has 0 radical (unpaired) electrons. The second-order valence-corrected chi connectivity index (χ2v) is 10.4.